The van der Waals surface area contributed by atoms with Crippen molar-refractivity contribution < 1.29 is 4.79 Å². The van der Waals surface area contributed by atoms with Crippen molar-refractivity contribution >= 4 is 5.91 Å². The maximum absolute atomic E-state index is 11.8. The maximum atomic E-state index is 11.8. The first kappa shape index (κ1) is 14.2. The second kappa shape index (κ2) is 7.37. The Hall–Kier alpha value is -2.24. The van der Waals surface area contributed by atoms with Gasteiger partial charge < -0.3 is 9.88 Å². The molecule has 0 saturated heterocycles. The van der Waals surface area contributed by atoms with Gasteiger partial charge in [0.1, 0.15) is 5.82 Å². The predicted octanol–water partition coefficient (Wildman–Crippen LogP) is 1.33. The van der Waals surface area contributed by atoms with Crippen LogP contribution in [0.4, 0.5) is 0 Å². The van der Waals surface area contributed by atoms with Crippen molar-refractivity contribution in [2.45, 2.75) is 39.3 Å². The summed E-state index contributed by atoms with van der Waals surface area (Å²) in [6.07, 6.45) is 10.7. The number of aryl methyl sites for hydroxylation is 2. The lowest BCUT2D eigenvalue weighted by atomic mass is 10.2. The van der Waals surface area contributed by atoms with Gasteiger partial charge in [0.15, 0.2) is 0 Å². The summed E-state index contributed by atoms with van der Waals surface area (Å²) >= 11 is 0. The second-order valence-electron chi connectivity index (χ2n) is 4.51. The van der Waals surface area contributed by atoms with Crippen molar-refractivity contribution in [3.63, 3.8) is 0 Å². The van der Waals surface area contributed by atoms with Crippen LogP contribution in [0, 0.1) is 0 Å². The molecule has 0 bridgehead atoms. The minimum absolute atomic E-state index is 0.00158. The van der Waals surface area contributed by atoms with E-state index in [1.807, 2.05) is 6.20 Å². The van der Waals surface area contributed by atoms with E-state index in [-0.39, 0.29) is 5.91 Å². The number of carbonyl (C=O) groups excluding carboxylic acids is 1. The van der Waals surface area contributed by atoms with E-state index in [1.165, 1.54) is 0 Å². The van der Waals surface area contributed by atoms with Gasteiger partial charge in [0.25, 0.3) is 0 Å². The number of rotatable bonds is 7. The third kappa shape index (κ3) is 4.15. The molecule has 20 heavy (non-hydrogen) atoms. The normalized spacial score (nSPS) is 10.4. The number of hydrogen-bond donors (Lipinski definition) is 1. The third-order valence-corrected chi connectivity index (χ3v) is 2.93. The van der Waals surface area contributed by atoms with Crippen LogP contribution in [-0.4, -0.2) is 25.4 Å². The van der Waals surface area contributed by atoms with E-state index < -0.39 is 0 Å². The van der Waals surface area contributed by atoms with Gasteiger partial charge in [0.05, 0.1) is 12.2 Å². The molecular weight excluding hydrogens is 254 g/mol. The van der Waals surface area contributed by atoms with Crippen molar-refractivity contribution in [1.82, 2.24) is 24.8 Å². The van der Waals surface area contributed by atoms with E-state index in [0.717, 1.165) is 24.5 Å². The molecule has 0 aliphatic carbocycles. The molecular formula is C14H19N5O. The molecule has 106 valence electrons. The minimum atomic E-state index is 0.00158. The molecule has 2 heterocycles. The van der Waals surface area contributed by atoms with Crippen LogP contribution in [0.3, 0.4) is 0 Å². The molecule has 0 saturated carbocycles. The average molecular weight is 273 g/mol. The Labute approximate surface area is 118 Å². The topological polar surface area (TPSA) is 72.7 Å². The van der Waals surface area contributed by atoms with Crippen LogP contribution in [0.1, 0.15) is 31.3 Å². The fourth-order valence-corrected chi connectivity index (χ4v) is 1.92. The van der Waals surface area contributed by atoms with Crippen molar-refractivity contribution in [3.8, 4) is 0 Å². The van der Waals surface area contributed by atoms with Crippen molar-refractivity contribution in [2.75, 3.05) is 0 Å². The van der Waals surface area contributed by atoms with Crippen LogP contribution in [0.25, 0.3) is 0 Å². The van der Waals surface area contributed by atoms with Gasteiger partial charge in [0.2, 0.25) is 5.91 Å². The van der Waals surface area contributed by atoms with E-state index in [9.17, 15) is 4.79 Å². The van der Waals surface area contributed by atoms with Crippen molar-refractivity contribution in [2.24, 2.45) is 0 Å². The Morgan fingerprint density at radius 2 is 2.20 bits per heavy atom. The van der Waals surface area contributed by atoms with Crippen LogP contribution in [0.2, 0.25) is 0 Å². The number of carbonyl (C=O) groups is 1. The van der Waals surface area contributed by atoms with E-state index >= 15 is 0 Å². The van der Waals surface area contributed by atoms with E-state index in [4.69, 9.17) is 0 Å². The molecule has 0 fully saturated rings. The Morgan fingerprint density at radius 1 is 1.30 bits per heavy atom. The van der Waals surface area contributed by atoms with E-state index in [2.05, 4.69) is 31.8 Å². The zero-order valence-corrected chi connectivity index (χ0v) is 11.6. The van der Waals surface area contributed by atoms with Crippen LogP contribution in [0.15, 0.2) is 31.0 Å². The maximum Gasteiger partial charge on any atom is 0.220 e. The molecule has 6 heteroatoms. The molecule has 0 aromatic carbocycles. The van der Waals surface area contributed by atoms with E-state index in [1.54, 1.807) is 24.8 Å². The fourth-order valence-electron chi connectivity index (χ4n) is 1.92. The van der Waals surface area contributed by atoms with Crippen molar-refractivity contribution in [1.29, 1.82) is 0 Å². The molecule has 6 nitrogen and oxygen atoms in total. The number of amides is 1. The summed E-state index contributed by atoms with van der Waals surface area (Å²) in [6.45, 7) is 3.50. The zero-order valence-electron chi connectivity index (χ0n) is 11.6. The molecule has 2 aromatic rings. The van der Waals surface area contributed by atoms with Crippen LogP contribution in [0.5, 0.6) is 0 Å². The highest BCUT2D eigenvalue weighted by Crippen LogP contribution is 2.00. The summed E-state index contributed by atoms with van der Waals surface area (Å²) in [4.78, 5) is 24.1. The van der Waals surface area contributed by atoms with Gasteiger partial charge >= 0.3 is 0 Å². The van der Waals surface area contributed by atoms with Gasteiger partial charge in [-0.1, -0.05) is 6.92 Å². The summed E-state index contributed by atoms with van der Waals surface area (Å²) in [6, 6.07) is 0. The number of nitrogens with one attached hydrogen (secondary N) is 1. The Bertz CT molecular complexity index is 538. The first-order valence-electron chi connectivity index (χ1n) is 6.81. The number of aromatic nitrogens is 4. The molecule has 1 N–H and O–H groups in total. The lowest BCUT2D eigenvalue weighted by molar-refractivity contribution is -0.121. The van der Waals surface area contributed by atoms with E-state index in [0.29, 0.717) is 19.4 Å². The largest absolute Gasteiger partial charge is 0.349 e. The zero-order chi connectivity index (χ0) is 14.2. The van der Waals surface area contributed by atoms with Gasteiger partial charge in [-0.05, 0) is 12.8 Å². The van der Waals surface area contributed by atoms with Gasteiger partial charge in [-0.2, -0.15) is 0 Å². The minimum Gasteiger partial charge on any atom is -0.349 e. The fraction of sp³-hybridized carbons (Fsp3) is 0.429. The molecule has 0 unspecified atom stereocenters. The van der Waals surface area contributed by atoms with Crippen LogP contribution in [-0.2, 0) is 24.3 Å². The first-order valence-corrected chi connectivity index (χ1v) is 6.81. The van der Waals surface area contributed by atoms with Gasteiger partial charge in [-0.25, -0.2) is 4.98 Å². The quantitative estimate of drug-likeness (QED) is 0.826. The molecule has 0 aliphatic heterocycles. The Balaban J connectivity index is 1.76. The second-order valence-corrected chi connectivity index (χ2v) is 4.51. The molecule has 0 aliphatic rings. The SMILES string of the molecule is CCCn1ccnc1CNC(=O)CCc1cnccn1. The molecule has 0 radical (unpaired) electrons. The number of hydrogen-bond acceptors (Lipinski definition) is 4. The Kier molecular flexibility index (Phi) is 5.23. The Morgan fingerprint density at radius 3 is 2.95 bits per heavy atom. The smallest absolute Gasteiger partial charge is 0.220 e. The van der Waals surface area contributed by atoms with Gasteiger partial charge in [-0.3, -0.25) is 14.8 Å². The average Bonchev–Trinajstić information content (AvgIpc) is 2.92. The molecule has 2 rings (SSSR count). The summed E-state index contributed by atoms with van der Waals surface area (Å²) in [5.74, 6) is 0.890. The predicted molar refractivity (Wildman–Crippen MR) is 74.7 cm³/mol. The lowest BCUT2D eigenvalue weighted by Gasteiger charge is -2.07. The highest BCUT2D eigenvalue weighted by atomic mass is 16.1. The van der Waals surface area contributed by atoms with Crippen LogP contribution < -0.4 is 5.32 Å². The number of imidazole rings is 1. The molecule has 2 aromatic heterocycles. The first-order chi connectivity index (χ1) is 9.79. The van der Waals surface area contributed by atoms with Gasteiger partial charge in [0, 0.05) is 43.9 Å². The summed E-state index contributed by atoms with van der Waals surface area (Å²) in [5.41, 5.74) is 0.829. The number of nitrogens with zero attached hydrogens (tertiary/aromatic N) is 4. The summed E-state index contributed by atoms with van der Waals surface area (Å²) in [7, 11) is 0. The van der Waals surface area contributed by atoms with Crippen molar-refractivity contribution in [3.05, 3.63) is 42.5 Å². The standard InChI is InChI=1S/C14H19N5O/c1-2-8-19-9-7-17-13(19)11-18-14(20)4-3-12-10-15-5-6-16-12/h5-7,9-10H,2-4,8,11H2,1H3,(H,18,20). The molecule has 1 amide bonds. The lowest BCUT2D eigenvalue weighted by Crippen LogP contribution is -2.25. The van der Waals surface area contributed by atoms with Crippen LogP contribution >= 0.6 is 0 Å². The highest BCUT2D eigenvalue weighted by molar-refractivity contribution is 5.75. The van der Waals surface area contributed by atoms with Gasteiger partial charge in [-0.15, -0.1) is 0 Å². The summed E-state index contributed by atoms with van der Waals surface area (Å²) in [5, 5.41) is 2.88. The molecule has 0 spiro atoms. The highest BCUT2D eigenvalue weighted by Gasteiger charge is 2.06. The molecule has 0 atom stereocenters. The summed E-state index contributed by atoms with van der Waals surface area (Å²) < 4.78 is 2.06. The monoisotopic (exact) mass is 273 g/mol. The third-order valence-electron chi connectivity index (χ3n) is 2.93.